The Labute approximate surface area is 140 Å². The van der Waals surface area contributed by atoms with Gasteiger partial charge in [-0.2, -0.15) is 0 Å². The molecule has 3 nitrogen and oxygen atoms in total. The molecule has 2 aromatic carbocycles. The van der Waals surface area contributed by atoms with Crippen molar-refractivity contribution >= 4 is 16.8 Å². The highest BCUT2D eigenvalue weighted by molar-refractivity contribution is 5.86. The summed E-state index contributed by atoms with van der Waals surface area (Å²) in [6.45, 7) is 3.27. The topological polar surface area (TPSA) is 36.1 Å². The minimum Gasteiger partial charge on any atom is -0.358 e. The van der Waals surface area contributed by atoms with Gasteiger partial charge in [-0.05, 0) is 36.2 Å². The zero-order valence-corrected chi connectivity index (χ0v) is 13.6. The molecular weight excluding hydrogens is 303 g/mol. The maximum absolute atomic E-state index is 13.6. The monoisotopic (exact) mass is 322 g/mol. The minimum absolute atomic E-state index is 0.126. The van der Waals surface area contributed by atoms with Gasteiger partial charge in [-0.3, -0.25) is 4.79 Å². The van der Waals surface area contributed by atoms with Gasteiger partial charge in [0.1, 0.15) is 5.82 Å². The van der Waals surface area contributed by atoms with Crippen LogP contribution in [0.1, 0.15) is 22.4 Å². The van der Waals surface area contributed by atoms with Crippen LogP contribution >= 0.6 is 0 Å². The quantitative estimate of drug-likeness (QED) is 0.766. The average Bonchev–Trinajstić information content (AvgIpc) is 2.94. The van der Waals surface area contributed by atoms with Gasteiger partial charge in [-0.15, -0.1) is 0 Å². The fourth-order valence-corrected chi connectivity index (χ4v) is 3.48. The van der Waals surface area contributed by atoms with Crippen molar-refractivity contribution in [3.8, 4) is 0 Å². The van der Waals surface area contributed by atoms with Gasteiger partial charge in [-0.1, -0.05) is 24.3 Å². The second kappa shape index (κ2) is 5.78. The van der Waals surface area contributed by atoms with Gasteiger partial charge in [0.2, 0.25) is 5.91 Å². The molecule has 0 aliphatic carbocycles. The number of nitrogens with zero attached hydrogens (tertiary/aromatic N) is 1. The van der Waals surface area contributed by atoms with Gasteiger partial charge in [0, 0.05) is 41.7 Å². The Kier molecular flexibility index (Phi) is 3.60. The lowest BCUT2D eigenvalue weighted by molar-refractivity contribution is -0.131. The molecule has 1 aromatic heterocycles. The Hall–Kier alpha value is -2.62. The van der Waals surface area contributed by atoms with Crippen LogP contribution in [0.15, 0.2) is 42.5 Å². The molecule has 1 N–H and O–H groups in total. The second-order valence-corrected chi connectivity index (χ2v) is 6.44. The number of aryl methyl sites for hydroxylation is 1. The van der Waals surface area contributed by atoms with Crippen molar-refractivity contribution in [2.75, 3.05) is 6.54 Å². The first kappa shape index (κ1) is 14.9. The number of carbonyl (C=O) groups excluding carboxylic acids is 1. The van der Waals surface area contributed by atoms with E-state index in [4.69, 9.17) is 0 Å². The predicted octanol–water partition coefficient (Wildman–Crippen LogP) is 3.74. The van der Waals surface area contributed by atoms with Crippen LogP contribution < -0.4 is 0 Å². The third-order valence-corrected chi connectivity index (χ3v) is 4.89. The van der Waals surface area contributed by atoms with Gasteiger partial charge < -0.3 is 9.88 Å². The normalized spacial score (nSPS) is 14.0. The number of rotatable bonds is 2. The number of hydrogen-bond acceptors (Lipinski definition) is 1. The maximum Gasteiger partial charge on any atom is 0.227 e. The summed E-state index contributed by atoms with van der Waals surface area (Å²) in [6.07, 6.45) is 1.20. The number of aromatic amines is 1. The Morgan fingerprint density at radius 1 is 1.25 bits per heavy atom. The lowest BCUT2D eigenvalue weighted by Gasteiger charge is -2.27. The summed E-state index contributed by atoms with van der Waals surface area (Å²) in [7, 11) is 0. The Morgan fingerprint density at radius 2 is 2.08 bits per heavy atom. The number of fused-ring (bicyclic) bond motifs is 3. The largest absolute Gasteiger partial charge is 0.358 e. The van der Waals surface area contributed by atoms with Crippen LogP contribution in [0.2, 0.25) is 0 Å². The van der Waals surface area contributed by atoms with Crippen LogP contribution in [0.25, 0.3) is 10.9 Å². The summed E-state index contributed by atoms with van der Waals surface area (Å²) in [5.74, 6) is -0.117. The fourth-order valence-electron chi connectivity index (χ4n) is 3.48. The van der Waals surface area contributed by atoms with E-state index in [1.807, 2.05) is 36.1 Å². The van der Waals surface area contributed by atoms with E-state index in [1.54, 1.807) is 12.1 Å². The van der Waals surface area contributed by atoms with Crippen molar-refractivity contribution in [2.24, 2.45) is 0 Å². The number of halogens is 1. The highest BCUT2D eigenvalue weighted by atomic mass is 19.1. The lowest BCUT2D eigenvalue weighted by atomic mass is 10.0. The molecule has 0 fully saturated rings. The van der Waals surface area contributed by atoms with Gasteiger partial charge in [0.25, 0.3) is 0 Å². The van der Waals surface area contributed by atoms with Crippen molar-refractivity contribution in [1.29, 1.82) is 0 Å². The van der Waals surface area contributed by atoms with Gasteiger partial charge in [0.15, 0.2) is 0 Å². The molecule has 0 spiro atoms. The maximum atomic E-state index is 13.6. The van der Waals surface area contributed by atoms with E-state index in [2.05, 4.69) is 4.98 Å². The first-order valence-corrected chi connectivity index (χ1v) is 8.23. The Bertz CT molecular complexity index is 929. The van der Waals surface area contributed by atoms with Gasteiger partial charge in [0.05, 0.1) is 6.42 Å². The highest BCUT2D eigenvalue weighted by Crippen LogP contribution is 2.28. The van der Waals surface area contributed by atoms with Crippen molar-refractivity contribution in [3.05, 3.63) is 70.7 Å². The molecule has 0 saturated heterocycles. The van der Waals surface area contributed by atoms with Crippen LogP contribution in [0.4, 0.5) is 4.39 Å². The molecule has 1 aliphatic heterocycles. The zero-order valence-electron chi connectivity index (χ0n) is 13.6. The van der Waals surface area contributed by atoms with Crippen molar-refractivity contribution in [1.82, 2.24) is 9.88 Å². The van der Waals surface area contributed by atoms with Crippen LogP contribution in [0.5, 0.6) is 0 Å². The molecule has 3 aromatic rings. The van der Waals surface area contributed by atoms with E-state index in [0.717, 1.165) is 39.7 Å². The molecule has 1 amide bonds. The number of H-pyrrole nitrogens is 1. The van der Waals surface area contributed by atoms with Crippen LogP contribution in [0.3, 0.4) is 0 Å². The molecule has 1 aliphatic rings. The van der Waals surface area contributed by atoms with E-state index < -0.39 is 0 Å². The first-order valence-electron chi connectivity index (χ1n) is 8.23. The van der Waals surface area contributed by atoms with E-state index in [0.29, 0.717) is 19.5 Å². The number of carbonyl (C=O) groups is 1. The van der Waals surface area contributed by atoms with E-state index in [9.17, 15) is 9.18 Å². The van der Waals surface area contributed by atoms with E-state index >= 15 is 0 Å². The molecule has 0 bridgehead atoms. The van der Waals surface area contributed by atoms with E-state index in [1.165, 1.54) is 6.07 Å². The third kappa shape index (κ3) is 2.58. The number of hydrogen-bond donors (Lipinski definition) is 1. The smallest absolute Gasteiger partial charge is 0.227 e. The SMILES string of the molecule is Cc1ccccc1CC(=O)N1CCc2[nH]c3ccc(F)cc3c2C1. The first-order chi connectivity index (χ1) is 11.6. The van der Waals surface area contributed by atoms with Crippen LogP contribution in [0, 0.1) is 12.7 Å². The number of amides is 1. The van der Waals surface area contributed by atoms with Crippen molar-refractivity contribution < 1.29 is 9.18 Å². The van der Waals surface area contributed by atoms with Crippen molar-refractivity contribution in [2.45, 2.75) is 26.3 Å². The Morgan fingerprint density at radius 3 is 2.92 bits per heavy atom. The van der Waals surface area contributed by atoms with Gasteiger partial charge in [-0.25, -0.2) is 4.39 Å². The second-order valence-electron chi connectivity index (χ2n) is 6.44. The summed E-state index contributed by atoms with van der Waals surface area (Å²) in [5, 5.41) is 0.887. The fraction of sp³-hybridized carbons (Fsp3) is 0.250. The number of nitrogens with one attached hydrogen (secondary N) is 1. The average molecular weight is 322 g/mol. The number of benzene rings is 2. The molecule has 122 valence electrons. The minimum atomic E-state index is -0.243. The molecule has 0 radical (unpaired) electrons. The molecule has 0 unspecified atom stereocenters. The predicted molar refractivity (Wildman–Crippen MR) is 92.3 cm³/mol. The Balaban J connectivity index is 1.59. The highest BCUT2D eigenvalue weighted by Gasteiger charge is 2.24. The van der Waals surface area contributed by atoms with Crippen molar-refractivity contribution in [3.63, 3.8) is 0 Å². The summed E-state index contributed by atoms with van der Waals surface area (Å²) in [6, 6.07) is 12.8. The molecular formula is C20H19FN2O. The summed E-state index contributed by atoms with van der Waals surface area (Å²) in [5.41, 5.74) is 5.31. The summed E-state index contributed by atoms with van der Waals surface area (Å²) < 4.78 is 13.6. The molecule has 4 rings (SSSR count). The molecule has 2 heterocycles. The summed E-state index contributed by atoms with van der Waals surface area (Å²) in [4.78, 5) is 17.9. The third-order valence-electron chi connectivity index (χ3n) is 4.89. The zero-order chi connectivity index (χ0) is 16.7. The summed E-state index contributed by atoms with van der Waals surface area (Å²) >= 11 is 0. The van der Waals surface area contributed by atoms with Gasteiger partial charge >= 0.3 is 0 Å². The standard InChI is InChI=1S/C20H19FN2O/c1-13-4-2-3-5-14(13)10-20(24)23-9-8-19-17(12-23)16-11-15(21)6-7-18(16)22-19/h2-7,11,22H,8-10,12H2,1H3. The van der Waals surface area contributed by atoms with Crippen LogP contribution in [-0.4, -0.2) is 22.3 Å². The molecule has 0 atom stereocenters. The van der Waals surface area contributed by atoms with E-state index in [-0.39, 0.29) is 11.7 Å². The molecule has 4 heteroatoms. The number of aromatic nitrogens is 1. The lowest BCUT2D eigenvalue weighted by Crippen LogP contribution is -2.36. The van der Waals surface area contributed by atoms with Crippen LogP contribution in [-0.2, 0) is 24.2 Å². The molecule has 24 heavy (non-hydrogen) atoms. The molecule has 0 saturated carbocycles.